The Labute approximate surface area is 153 Å². The molecule has 1 atom stereocenters. The first kappa shape index (κ1) is 18.4. The number of benzene rings is 1. The Morgan fingerprint density at radius 3 is 2.92 bits per heavy atom. The fourth-order valence-electron chi connectivity index (χ4n) is 2.84. The number of nitrogens with two attached hydrogens (primary N) is 1. The molecule has 9 heteroatoms. The summed E-state index contributed by atoms with van der Waals surface area (Å²) in [4.78, 5) is 40.3. The van der Waals surface area contributed by atoms with E-state index in [0.29, 0.717) is 34.8 Å². The molecule has 1 aromatic heterocycles. The van der Waals surface area contributed by atoms with Gasteiger partial charge < -0.3 is 15.2 Å². The van der Waals surface area contributed by atoms with Gasteiger partial charge in [0.1, 0.15) is 0 Å². The van der Waals surface area contributed by atoms with Gasteiger partial charge >= 0.3 is 5.97 Å². The van der Waals surface area contributed by atoms with E-state index in [-0.39, 0.29) is 17.4 Å². The van der Waals surface area contributed by atoms with Crippen LogP contribution in [0.2, 0.25) is 0 Å². The van der Waals surface area contributed by atoms with Crippen LogP contribution >= 0.6 is 11.8 Å². The van der Waals surface area contributed by atoms with Crippen molar-refractivity contribution in [2.24, 2.45) is 5.73 Å². The Morgan fingerprint density at radius 2 is 2.27 bits per heavy atom. The van der Waals surface area contributed by atoms with Gasteiger partial charge in [0.25, 0.3) is 5.56 Å². The summed E-state index contributed by atoms with van der Waals surface area (Å²) in [6, 6.07) is 4.60. The largest absolute Gasteiger partial charge is 0.465 e. The molecule has 1 amide bonds. The number of rotatable bonds is 6. The van der Waals surface area contributed by atoms with E-state index >= 15 is 0 Å². The summed E-state index contributed by atoms with van der Waals surface area (Å²) in [6.45, 7) is 1.04. The van der Waals surface area contributed by atoms with Gasteiger partial charge in [-0.25, -0.2) is 9.78 Å². The van der Waals surface area contributed by atoms with E-state index in [2.05, 4.69) is 4.98 Å². The summed E-state index contributed by atoms with van der Waals surface area (Å²) in [6.07, 6.45) is 1.76. The van der Waals surface area contributed by atoms with Crippen molar-refractivity contribution >= 4 is 34.5 Å². The van der Waals surface area contributed by atoms with E-state index in [0.717, 1.165) is 24.6 Å². The fraction of sp³-hybridized carbons (Fsp3) is 0.412. The first-order chi connectivity index (χ1) is 12.5. The summed E-state index contributed by atoms with van der Waals surface area (Å²) in [5.41, 5.74) is 5.65. The Kier molecular flexibility index (Phi) is 5.58. The number of carbonyl (C=O) groups excluding carboxylic acids is 2. The zero-order valence-electron chi connectivity index (χ0n) is 14.3. The van der Waals surface area contributed by atoms with E-state index in [4.69, 9.17) is 15.2 Å². The maximum absolute atomic E-state index is 13.0. The number of thioether (sulfide) groups is 1. The van der Waals surface area contributed by atoms with Crippen LogP contribution in [0.1, 0.15) is 23.2 Å². The van der Waals surface area contributed by atoms with Crippen molar-refractivity contribution < 1.29 is 19.1 Å². The van der Waals surface area contributed by atoms with Crippen LogP contribution in [0, 0.1) is 0 Å². The predicted molar refractivity (Wildman–Crippen MR) is 96.2 cm³/mol. The molecule has 3 rings (SSSR count). The standard InChI is InChI=1S/C17H19N3O5S/c1-24-16(23)10-4-5-12-13(7-10)19-17(26-9-14(18)21)20(15(12)22)8-11-3-2-6-25-11/h4-5,7,11H,2-3,6,8-9H2,1H3,(H2,18,21)/t11-/m1/s1. The van der Waals surface area contributed by atoms with Crippen LogP contribution in [-0.2, 0) is 20.8 Å². The van der Waals surface area contributed by atoms with Crippen molar-refractivity contribution in [1.82, 2.24) is 9.55 Å². The molecule has 1 fully saturated rings. The van der Waals surface area contributed by atoms with Gasteiger partial charge in [0.05, 0.1) is 42.0 Å². The van der Waals surface area contributed by atoms with Crippen LogP contribution in [0.25, 0.3) is 10.9 Å². The first-order valence-corrected chi connectivity index (χ1v) is 9.13. The number of fused-ring (bicyclic) bond motifs is 1. The molecule has 2 N–H and O–H groups in total. The molecule has 0 spiro atoms. The summed E-state index contributed by atoms with van der Waals surface area (Å²) in [7, 11) is 1.29. The summed E-state index contributed by atoms with van der Waals surface area (Å²) < 4.78 is 11.8. The van der Waals surface area contributed by atoms with Crippen LogP contribution in [0.5, 0.6) is 0 Å². The maximum Gasteiger partial charge on any atom is 0.337 e. The summed E-state index contributed by atoms with van der Waals surface area (Å²) in [5, 5.41) is 0.762. The second-order valence-corrected chi connectivity index (χ2v) is 6.87. The summed E-state index contributed by atoms with van der Waals surface area (Å²) in [5.74, 6) is -1.01. The second kappa shape index (κ2) is 7.88. The lowest BCUT2D eigenvalue weighted by atomic mass is 10.1. The number of aromatic nitrogens is 2. The van der Waals surface area contributed by atoms with Gasteiger partial charge in [-0.3, -0.25) is 14.2 Å². The highest BCUT2D eigenvalue weighted by molar-refractivity contribution is 7.99. The lowest BCUT2D eigenvalue weighted by Crippen LogP contribution is -2.29. The Balaban J connectivity index is 2.08. The van der Waals surface area contributed by atoms with Crippen LogP contribution in [0.3, 0.4) is 0 Å². The number of carbonyl (C=O) groups is 2. The normalized spacial score (nSPS) is 16.7. The minimum Gasteiger partial charge on any atom is -0.465 e. The van der Waals surface area contributed by atoms with Gasteiger partial charge in [-0.2, -0.15) is 0 Å². The number of primary amides is 1. The van der Waals surface area contributed by atoms with Crippen molar-refractivity contribution in [3.63, 3.8) is 0 Å². The Bertz CT molecular complexity index is 905. The average molecular weight is 377 g/mol. The third kappa shape index (κ3) is 3.88. The molecule has 138 valence electrons. The van der Waals surface area contributed by atoms with Gasteiger partial charge in [0.2, 0.25) is 5.91 Å². The third-order valence-electron chi connectivity index (χ3n) is 4.10. The monoisotopic (exact) mass is 377 g/mol. The molecule has 0 saturated carbocycles. The van der Waals surface area contributed by atoms with Gasteiger partial charge in [-0.05, 0) is 31.0 Å². The third-order valence-corrected chi connectivity index (χ3v) is 5.09. The van der Waals surface area contributed by atoms with E-state index in [1.54, 1.807) is 6.07 Å². The number of methoxy groups -OCH3 is 1. The van der Waals surface area contributed by atoms with E-state index in [1.807, 2.05) is 0 Å². The highest BCUT2D eigenvalue weighted by Gasteiger charge is 2.21. The Hall–Kier alpha value is -2.39. The predicted octanol–water partition coefficient (Wildman–Crippen LogP) is 0.939. The van der Waals surface area contributed by atoms with Crippen LogP contribution in [0.4, 0.5) is 0 Å². The maximum atomic E-state index is 13.0. The van der Waals surface area contributed by atoms with E-state index in [9.17, 15) is 14.4 Å². The van der Waals surface area contributed by atoms with Crippen LogP contribution in [0.15, 0.2) is 28.2 Å². The number of hydrogen-bond acceptors (Lipinski definition) is 7. The zero-order chi connectivity index (χ0) is 18.7. The lowest BCUT2D eigenvalue weighted by Gasteiger charge is -2.16. The number of ether oxygens (including phenoxy) is 2. The number of nitrogens with zero attached hydrogens (tertiary/aromatic N) is 2. The van der Waals surface area contributed by atoms with Gasteiger partial charge in [0.15, 0.2) is 5.16 Å². The molecule has 2 heterocycles. The van der Waals surface area contributed by atoms with Crippen molar-refractivity contribution in [2.45, 2.75) is 30.6 Å². The van der Waals surface area contributed by atoms with Crippen LogP contribution in [-0.4, -0.2) is 47.0 Å². The molecule has 8 nitrogen and oxygen atoms in total. The highest BCUT2D eigenvalue weighted by Crippen LogP contribution is 2.21. The molecular formula is C17H19N3O5S. The molecule has 1 aliphatic rings. The lowest BCUT2D eigenvalue weighted by molar-refractivity contribution is -0.115. The molecule has 0 radical (unpaired) electrons. The molecular weight excluding hydrogens is 358 g/mol. The van der Waals surface area contributed by atoms with Gasteiger partial charge in [-0.1, -0.05) is 11.8 Å². The molecule has 0 unspecified atom stereocenters. The minimum absolute atomic E-state index is 0.000162. The quantitative estimate of drug-likeness (QED) is 0.453. The number of hydrogen-bond donors (Lipinski definition) is 1. The van der Waals surface area contributed by atoms with Crippen molar-refractivity contribution in [3.8, 4) is 0 Å². The molecule has 0 bridgehead atoms. The number of esters is 1. The Morgan fingerprint density at radius 1 is 1.46 bits per heavy atom. The summed E-state index contributed by atoms with van der Waals surface area (Å²) >= 11 is 1.09. The van der Waals surface area contributed by atoms with E-state index < -0.39 is 11.9 Å². The van der Waals surface area contributed by atoms with Crippen LogP contribution < -0.4 is 11.3 Å². The highest BCUT2D eigenvalue weighted by atomic mass is 32.2. The van der Waals surface area contributed by atoms with Crippen molar-refractivity contribution in [2.75, 3.05) is 19.5 Å². The van der Waals surface area contributed by atoms with Crippen molar-refractivity contribution in [1.29, 1.82) is 0 Å². The average Bonchev–Trinajstić information content (AvgIpc) is 3.14. The topological polar surface area (TPSA) is 114 Å². The van der Waals surface area contributed by atoms with Gasteiger partial charge in [-0.15, -0.1) is 0 Å². The molecule has 1 aliphatic heterocycles. The van der Waals surface area contributed by atoms with E-state index in [1.165, 1.54) is 23.8 Å². The molecule has 26 heavy (non-hydrogen) atoms. The number of amides is 1. The zero-order valence-corrected chi connectivity index (χ0v) is 15.1. The van der Waals surface area contributed by atoms with Gasteiger partial charge in [0, 0.05) is 6.61 Å². The molecule has 0 aliphatic carbocycles. The second-order valence-electron chi connectivity index (χ2n) is 5.92. The fourth-order valence-corrected chi connectivity index (χ4v) is 3.59. The first-order valence-electron chi connectivity index (χ1n) is 8.15. The van der Waals surface area contributed by atoms with Crippen molar-refractivity contribution in [3.05, 3.63) is 34.1 Å². The molecule has 1 saturated heterocycles. The minimum atomic E-state index is -0.511. The smallest absolute Gasteiger partial charge is 0.337 e. The molecule has 1 aromatic carbocycles. The SMILES string of the molecule is COC(=O)c1ccc2c(=O)n(C[C@H]3CCCO3)c(SCC(N)=O)nc2c1. The molecule has 2 aromatic rings.